The largest absolute Gasteiger partial charge is 0.468 e. The van der Waals surface area contributed by atoms with E-state index < -0.39 is 0 Å². The van der Waals surface area contributed by atoms with E-state index in [1.807, 2.05) is 0 Å². The van der Waals surface area contributed by atoms with Gasteiger partial charge in [-0.3, -0.25) is 4.79 Å². The van der Waals surface area contributed by atoms with Crippen LogP contribution in [0.5, 0.6) is 0 Å². The van der Waals surface area contributed by atoms with Crippen molar-refractivity contribution >= 4 is 18.4 Å². The molecule has 66 valence electrons. The predicted octanol–water partition coefficient (Wildman–Crippen LogP) is 0.747. The second-order valence-electron chi connectivity index (χ2n) is 1.83. The maximum atomic E-state index is 10.5. The number of esters is 1. The number of rotatable bonds is 5. The van der Waals surface area contributed by atoms with Crippen LogP contribution in [0.15, 0.2) is 12.7 Å². The molecule has 0 aromatic heterocycles. The maximum Gasteiger partial charge on any atom is 0.319 e. The van der Waals surface area contributed by atoms with E-state index in [-0.39, 0.29) is 24.9 Å². The van der Waals surface area contributed by atoms with E-state index in [0.717, 1.165) is 13.0 Å². The van der Waals surface area contributed by atoms with Gasteiger partial charge in [0.1, 0.15) is 0 Å². The van der Waals surface area contributed by atoms with Crippen molar-refractivity contribution in [3.05, 3.63) is 12.7 Å². The number of hydrogen-bond acceptors (Lipinski definition) is 3. The summed E-state index contributed by atoms with van der Waals surface area (Å²) in [7, 11) is 1.37. The van der Waals surface area contributed by atoms with E-state index in [4.69, 9.17) is 0 Å². The first kappa shape index (κ1) is 13.1. The number of carbonyl (C=O) groups is 1. The number of hydrogen-bond donors (Lipinski definition) is 1. The van der Waals surface area contributed by atoms with Crippen molar-refractivity contribution in [2.45, 2.75) is 6.42 Å². The van der Waals surface area contributed by atoms with Gasteiger partial charge in [0.05, 0.1) is 13.7 Å². The van der Waals surface area contributed by atoms with E-state index in [1.54, 1.807) is 6.08 Å². The molecule has 11 heavy (non-hydrogen) atoms. The van der Waals surface area contributed by atoms with Gasteiger partial charge >= 0.3 is 5.97 Å². The molecule has 0 aromatic carbocycles. The lowest BCUT2D eigenvalue weighted by molar-refractivity contribution is -0.139. The van der Waals surface area contributed by atoms with E-state index in [0.29, 0.717) is 0 Å². The molecule has 0 aliphatic heterocycles. The van der Waals surface area contributed by atoms with Crippen molar-refractivity contribution in [2.75, 3.05) is 20.2 Å². The van der Waals surface area contributed by atoms with Crippen LogP contribution < -0.4 is 5.32 Å². The van der Waals surface area contributed by atoms with Gasteiger partial charge in [-0.15, -0.1) is 19.0 Å². The second kappa shape index (κ2) is 9.46. The molecule has 0 saturated carbocycles. The van der Waals surface area contributed by atoms with Crippen LogP contribution in [0.1, 0.15) is 6.42 Å². The van der Waals surface area contributed by atoms with E-state index in [9.17, 15) is 4.79 Å². The third kappa shape index (κ3) is 9.46. The quantitative estimate of drug-likeness (QED) is 0.385. The Labute approximate surface area is 73.2 Å². The molecule has 0 atom stereocenters. The summed E-state index contributed by atoms with van der Waals surface area (Å²) in [6.07, 6.45) is 2.67. The predicted molar refractivity (Wildman–Crippen MR) is 46.9 cm³/mol. The summed E-state index contributed by atoms with van der Waals surface area (Å²) < 4.78 is 4.40. The molecule has 0 aliphatic rings. The molecule has 0 aliphatic carbocycles. The Kier molecular flexibility index (Phi) is 11.2. The van der Waals surface area contributed by atoms with E-state index >= 15 is 0 Å². The number of halogens is 1. The van der Waals surface area contributed by atoms with Gasteiger partial charge < -0.3 is 10.1 Å². The zero-order valence-electron chi connectivity index (χ0n) is 6.63. The average molecular weight is 180 g/mol. The van der Waals surface area contributed by atoms with Crippen LogP contribution in [0, 0.1) is 0 Å². The van der Waals surface area contributed by atoms with E-state index in [2.05, 4.69) is 16.6 Å². The topological polar surface area (TPSA) is 38.3 Å². The average Bonchev–Trinajstić information content (AvgIpc) is 1.98. The van der Waals surface area contributed by atoms with Crippen molar-refractivity contribution in [2.24, 2.45) is 0 Å². The van der Waals surface area contributed by atoms with Crippen LogP contribution in [0.4, 0.5) is 0 Å². The van der Waals surface area contributed by atoms with Crippen molar-refractivity contribution in [1.29, 1.82) is 0 Å². The minimum atomic E-state index is -0.232. The molecular formula is C7H14ClNO2. The minimum absolute atomic E-state index is 0. The first-order chi connectivity index (χ1) is 4.81. The molecule has 0 spiro atoms. The summed E-state index contributed by atoms with van der Waals surface area (Å²) >= 11 is 0. The number of ether oxygens (including phenoxy) is 1. The van der Waals surface area contributed by atoms with Crippen molar-refractivity contribution in [3.8, 4) is 0 Å². The van der Waals surface area contributed by atoms with Crippen LogP contribution in [0.25, 0.3) is 0 Å². The van der Waals surface area contributed by atoms with E-state index in [1.165, 1.54) is 7.11 Å². The zero-order valence-corrected chi connectivity index (χ0v) is 7.45. The zero-order chi connectivity index (χ0) is 7.82. The molecule has 4 heteroatoms. The smallest absolute Gasteiger partial charge is 0.319 e. The van der Waals surface area contributed by atoms with Gasteiger partial charge in [0.25, 0.3) is 0 Å². The van der Waals surface area contributed by atoms with Gasteiger partial charge in [-0.2, -0.15) is 0 Å². The van der Waals surface area contributed by atoms with Crippen LogP contribution >= 0.6 is 12.4 Å². The Morgan fingerprint density at radius 2 is 2.36 bits per heavy atom. The highest BCUT2D eigenvalue weighted by Crippen LogP contribution is 1.75. The lowest BCUT2D eigenvalue weighted by Gasteiger charge is -1.99. The lowest BCUT2D eigenvalue weighted by atomic mass is 10.4. The van der Waals surface area contributed by atoms with Crippen molar-refractivity contribution < 1.29 is 9.53 Å². The highest BCUT2D eigenvalue weighted by molar-refractivity contribution is 5.85. The third-order valence-corrected chi connectivity index (χ3v) is 1.02. The van der Waals surface area contributed by atoms with Gasteiger partial charge in [0.15, 0.2) is 0 Å². The van der Waals surface area contributed by atoms with Gasteiger partial charge in [0.2, 0.25) is 0 Å². The number of methoxy groups -OCH3 is 1. The number of carbonyl (C=O) groups excluding carboxylic acids is 1. The van der Waals surface area contributed by atoms with Crippen LogP contribution in [-0.4, -0.2) is 26.2 Å². The minimum Gasteiger partial charge on any atom is -0.468 e. The fourth-order valence-corrected chi connectivity index (χ4v) is 0.467. The molecule has 3 nitrogen and oxygen atoms in total. The maximum absolute atomic E-state index is 10.5. The van der Waals surface area contributed by atoms with Crippen LogP contribution in [-0.2, 0) is 9.53 Å². The first-order valence-corrected chi connectivity index (χ1v) is 3.19. The Morgan fingerprint density at radius 1 is 1.73 bits per heavy atom. The summed E-state index contributed by atoms with van der Waals surface area (Å²) in [5.41, 5.74) is 0. The summed E-state index contributed by atoms with van der Waals surface area (Å²) in [5.74, 6) is -0.232. The lowest BCUT2D eigenvalue weighted by Crippen LogP contribution is -2.24. The van der Waals surface area contributed by atoms with Crippen LogP contribution in [0.3, 0.4) is 0 Å². The fourth-order valence-electron chi connectivity index (χ4n) is 0.467. The molecule has 0 radical (unpaired) electrons. The normalized spacial score (nSPS) is 8.09. The summed E-state index contributed by atoms with van der Waals surface area (Å²) in [5, 5.41) is 2.89. The molecule has 0 amide bonds. The Morgan fingerprint density at radius 3 is 2.82 bits per heavy atom. The van der Waals surface area contributed by atoms with Gasteiger partial charge in [-0.25, -0.2) is 0 Å². The highest BCUT2D eigenvalue weighted by Gasteiger charge is 1.95. The Balaban J connectivity index is 0. The molecule has 0 rings (SSSR count). The Bertz CT molecular complexity index is 117. The van der Waals surface area contributed by atoms with Crippen LogP contribution in [0.2, 0.25) is 0 Å². The molecule has 0 bridgehead atoms. The Hall–Kier alpha value is -0.540. The van der Waals surface area contributed by atoms with Gasteiger partial charge in [-0.1, -0.05) is 6.08 Å². The molecule has 0 heterocycles. The third-order valence-electron chi connectivity index (χ3n) is 1.02. The monoisotopic (exact) mass is 179 g/mol. The molecule has 0 aromatic rings. The molecule has 1 N–H and O–H groups in total. The summed E-state index contributed by atoms with van der Waals surface area (Å²) in [6.45, 7) is 4.60. The number of nitrogens with one attached hydrogen (secondary N) is 1. The highest BCUT2D eigenvalue weighted by atomic mass is 35.5. The summed E-state index contributed by atoms with van der Waals surface area (Å²) in [6, 6.07) is 0. The van der Waals surface area contributed by atoms with Gasteiger partial charge in [0, 0.05) is 0 Å². The first-order valence-electron chi connectivity index (χ1n) is 3.19. The van der Waals surface area contributed by atoms with Crippen molar-refractivity contribution in [1.82, 2.24) is 5.32 Å². The molecule has 0 fully saturated rings. The summed E-state index contributed by atoms with van der Waals surface area (Å²) in [4.78, 5) is 10.5. The second-order valence-corrected chi connectivity index (χ2v) is 1.83. The standard InChI is InChI=1S/C7H13NO2.ClH/c1-3-4-5-8-6-7(9)10-2;/h3,8H,1,4-6H2,2H3;1H. The molecular weight excluding hydrogens is 166 g/mol. The fraction of sp³-hybridized carbons (Fsp3) is 0.571. The molecule has 0 saturated heterocycles. The van der Waals surface area contributed by atoms with Gasteiger partial charge in [-0.05, 0) is 13.0 Å². The SMILES string of the molecule is C=CCCNCC(=O)OC.Cl. The molecule has 0 unspecified atom stereocenters. The van der Waals surface area contributed by atoms with Crippen molar-refractivity contribution in [3.63, 3.8) is 0 Å².